The number of hydrogen-bond acceptors (Lipinski definition) is 5. The molecule has 164 valence electrons. The Kier molecular flexibility index (Phi) is 5.38. The molecule has 7 nitrogen and oxygen atoms in total. The van der Waals surface area contributed by atoms with Crippen LogP contribution in [0.4, 0.5) is 0 Å². The van der Waals surface area contributed by atoms with E-state index in [1.54, 1.807) is 0 Å². The minimum atomic E-state index is -0.0151. The summed E-state index contributed by atoms with van der Waals surface area (Å²) in [4.78, 5) is 12.4. The summed E-state index contributed by atoms with van der Waals surface area (Å²) in [5.41, 5.74) is 15.4. The van der Waals surface area contributed by atoms with E-state index < -0.39 is 0 Å². The fraction of sp³-hybridized carbons (Fsp3) is 0.375. The van der Waals surface area contributed by atoms with E-state index in [-0.39, 0.29) is 29.7 Å². The lowest BCUT2D eigenvalue weighted by molar-refractivity contribution is -0.133. The highest BCUT2D eigenvalue weighted by atomic mass is 35.5. The van der Waals surface area contributed by atoms with E-state index in [1.807, 2.05) is 48.3 Å². The number of halogens is 1. The number of nitrogens with one attached hydrogen (secondary N) is 2. The van der Waals surface area contributed by atoms with Crippen LogP contribution in [0, 0.1) is 23.2 Å². The zero-order valence-electron chi connectivity index (χ0n) is 17.8. The van der Waals surface area contributed by atoms with Gasteiger partial charge in [-0.2, -0.15) is 10.4 Å². The first-order valence-electron chi connectivity index (χ1n) is 10.9. The molecule has 8 heteroatoms. The van der Waals surface area contributed by atoms with E-state index >= 15 is 0 Å². The molecule has 2 heterocycles. The van der Waals surface area contributed by atoms with Crippen molar-refractivity contribution in [3.63, 3.8) is 0 Å². The van der Waals surface area contributed by atoms with Gasteiger partial charge in [-0.1, -0.05) is 35.9 Å². The third kappa shape index (κ3) is 3.27. The average molecular weight is 449 g/mol. The van der Waals surface area contributed by atoms with Crippen molar-refractivity contribution in [2.75, 3.05) is 6.54 Å². The third-order valence-electron chi connectivity index (χ3n) is 7.17. The number of fused-ring (bicyclic) bond motifs is 2. The summed E-state index contributed by atoms with van der Waals surface area (Å²) in [6, 6.07) is 12.0. The van der Waals surface area contributed by atoms with Crippen LogP contribution in [0.1, 0.15) is 36.3 Å². The van der Waals surface area contributed by atoms with Gasteiger partial charge in [0.1, 0.15) is 6.07 Å². The Morgan fingerprint density at radius 1 is 1.28 bits per heavy atom. The second-order valence-corrected chi connectivity index (χ2v) is 9.17. The second kappa shape index (κ2) is 8.21. The van der Waals surface area contributed by atoms with E-state index in [0.29, 0.717) is 17.1 Å². The van der Waals surface area contributed by atoms with Gasteiger partial charge in [0.25, 0.3) is 0 Å². The van der Waals surface area contributed by atoms with Crippen molar-refractivity contribution >= 4 is 28.3 Å². The molecule has 2 aromatic carbocycles. The van der Waals surface area contributed by atoms with E-state index in [2.05, 4.69) is 22.0 Å². The molecule has 0 bridgehead atoms. The molecular weight excluding hydrogens is 424 g/mol. The van der Waals surface area contributed by atoms with Gasteiger partial charge in [0.2, 0.25) is 5.91 Å². The zero-order chi connectivity index (χ0) is 22.4. The molecule has 3 aromatic rings. The molecule has 1 amide bonds. The number of benzene rings is 2. The summed E-state index contributed by atoms with van der Waals surface area (Å²) in [7, 11) is 1.91. The van der Waals surface area contributed by atoms with Crippen LogP contribution in [0.5, 0.6) is 0 Å². The minimum absolute atomic E-state index is 0.0151. The molecule has 0 radical (unpaired) electrons. The maximum atomic E-state index is 12.4. The summed E-state index contributed by atoms with van der Waals surface area (Å²) < 4.78 is 1.85. The van der Waals surface area contributed by atoms with E-state index in [9.17, 15) is 10.1 Å². The number of nitrogens with two attached hydrogens (primary N) is 1. The second-order valence-electron chi connectivity index (χ2n) is 8.76. The predicted molar refractivity (Wildman–Crippen MR) is 124 cm³/mol. The minimum Gasteiger partial charge on any atom is -0.329 e. The number of rotatable bonds is 3. The van der Waals surface area contributed by atoms with Crippen molar-refractivity contribution in [3.8, 4) is 17.3 Å². The molecule has 32 heavy (non-hydrogen) atoms. The first kappa shape index (κ1) is 21.0. The fourth-order valence-corrected chi connectivity index (χ4v) is 5.81. The molecule has 5 rings (SSSR count). The third-order valence-corrected chi connectivity index (χ3v) is 7.50. The van der Waals surface area contributed by atoms with E-state index in [4.69, 9.17) is 17.3 Å². The molecule has 1 aromatic heterocycles. The van der Waals surface area contributed by atoms with Gasteiger partial charge in [0, 0.05) is 52.5 Å². The average Bonchev–Trinajstić information content (AvgIpc) is 3.19. The number of hydrogen-bond donors (Lipinski definition) is 3. The smallest absolute Gasteiger partial charge is 0.237 e. The van der Waals surface area contributed by atoms with Crippen LogP contribution in [-0.4, -0.2) is 28.3 Å². The van der Waals surface area contributed by atoms with Crippen molar-refractivity contribution < 1.29 is 4.79 Å². The molecule has 1 saturated heterocycles. The number of amides is 1. The number of nitriles is 1. The quantitative estimate of drug-likeness (QED) is 0.570. The maximum Gasteiger partial charge on any atom is 0.237 e. The summed E-state index contributed by atoms with van der Waals surface area (Å²) in [6.45, 7) is 0.470. The van der Waals surface area contributed by atoms with Gasteiger partial charge < -0.3 is 5.73 Å². The number of aryl methyl sites for hydroxylation is 1. The SMILES string of the molecule is Cn1ncc(C2CCC3C(=O)NNC(CN)C3C2)c1-c1ccc2c(Cl)cccc2c1C#N. The molecule has 1 aliphatic carbocycles. The van der Waals surface area contributed by atoms with Crippen LogP contribution < -0.4 is 16.6 Å². The largest absolute Gasteiger partial charge is 0.329 e. The van der Waals surface area contributed by atoms with Crippen molar-refractivity contribution in [2.45, 2.75) is 31.2 Å². The zero-order valence-corrected chi connectivity index (χ0v) is 18.6. The van der Waals surface area contributed by atoms with Crippen LogP contribution in [0.3, 0.4) is 0 Å². The van der Waals surface area contributed by atoms with Gasteiger partial charge in [-0.25, -0.2) is 5.43 Å². The molecule has 4 atom stereocenters. The Labute approximate surface area is 191 Å². The molecule has 4 unspecified atom stereocenters. The number of nitrogens with zero attached hydrogens (tertiary/aromatic N) is 3. The van der Waals surface area contributed by atoms with Crippen LogP contribution in [-0.2, 0) is 11.8 Å². The first-order valence-corrected chi connectivity index (χ1v) is 11.3. The van der Waals surface area contributed by atoms with Crippen LogP contribution in [0.25, 0.3) is 22.0 Å². The van der Waals surface area contributed by atoms with Crippen molar-refractivity contribution in [1.29, 1.82) is 5.26 Å². The Hall–Kier alpha value is -2.92. The maximum absolute atomic E-state index is 12.4. The van der Waals surface area contributed by atoms with Crippen LogP contribution >= 0.6 is 11.6 Å². The van der Waals surface area contributed by atoms with Crippen LogP contribution in [0.15, 0.2) is 36.5 Å². The number of carbonyl (C=O) groups is 1. The summed E-state index contributed by atoms with van der Waals surface area (Å²) >= 11 is 6.38. The molecule has 0 spiro atoms. The highest BCUT2D eigenvalue weighted by Crippen LogP contribution is 2.45. The van der Waals surface area contributed by atoms with Gasteiger partial charge in [-0.05, 0) is 37.2 Å². The summed E-state index contributed by atoms with van der Waals surface area (Å²) in [6.07, 6.45) is 4.47. The molecular formula is C24H25ClN6O. The normalized spacial score (nSPS) is 25.2. The van der Waals surface area contributed by atoms with E-state index in [0.717, 1.165) is 46.9 Å². The lowest BCUT2D eigenvalue weighted by Gasteiger charge is -2.43. The van der Waals surface area contributed by atoms with Gasteiger partial charge in [-0.3, -0.25) is 14.9 Å². The van der Waals surface area contributed by atoms with Crippen LogP contribution in [0.2, 0.25) is 5.02 Å². The van der Waals surface area contributed by atoms with Gasteiger partial charge in [0.05, 0.1) is 17.5 Å². The summed E-state index contributed by atoms with van der Waals surface area (Å²) in [5.74, 6) is 0.455. The molecule has 1 aliphatic heterocycles. The first-order chi connectivity index (χ1) is 15.5. The van der Waals surface area contributed by atoms with Crippen molar-refractivity contribution in [2.24, 2.45) is 24.6 Å². The van der Waals surface area contributed by atoms with Gasteiger partial charge >= 0.3 is 0 Å². The standard InChI is InChI=1S/C24H25ClN6O/c1-31-23(16-8-7-15-14(19(16)10-26)3-2-4-21(15)25)20(12-28-31)13-5-6-17-18(9-13)22(11-27)29-30-24(17)32/h2-4,7-8,12-13,17-18,22,29H,5-6,9,11,27H2,1H3,(H,30,32). The molecule has 2 fully saturated rings. The Bertz CT molecular complexity index is 1250. The van der Waals surface area contributed by atoms with Gasteiger partial charge in [-0.15, -0.1) is 0 Å². The Morgan fingerprint density at radius 2 is 2.12 bits per heavy atom. The topological polar surface area (TPSA) is 109 Å². The number of hydrazine groups is 1. The fourth-order valence-electron chi connectivity index (χ4n) is 5.58. The molecule has 1 saturated carbocycles. The van der Waals surface area contributed by atoms with Crippen molar-refractivity contribution in [3.05, 3.63) is 52.7 Å². The summed E-state index contributed by atoms with van der Waals surface area (Å²) in [5, 5.41) is 17.0. The highest BCUT2D eigenvalue weighted by molar-refractivity contribution is 6.35. The monoisotopic (exact) mass is 448 g/mol. The lowest BCUT2D eigenvalue weighted by atomic mass is 9.68. The number of aromatic nitrogens is 2. The Balaban J connectivity index is 1.58. The predicted octanol–water partition coefficient (Wildman–Crippen LogP) is 3.23. The highest BCUT2D eigenvalue weighted by Gasteiger charge is 2.43. The Morgan fingerprint density at radius 3 is 2.91 bits per heavy atom. The van der Waals surface area contributed by atoms with E-state index in [1.165, 1.54) is 0 Å². The number of carbonyl (C=O) groups excluding carboxylic acids is 1. The van der Waals surface area contributed by atoms with Crippen molar-refractivity contribution in [1.82, 2.24) is 20.6 Å². The molecule has 4 N–H and O–H groups in total. The van der Waals surface area contributed by atoms with Gasteiger partial charge in [0.15, 0.2) is 0 Å². The lowest BCUT2D eigenvalue weighted by Crippen LogP contribution is -2.62. The molecule has 2 aliphatic rings.